The highest BCUT2D eigenvalue weighted by molar-refractivity contribution is 4.89. The van der Waals surface area contributed by atoms with Crippen molar-refractivity contribution in [1.82, 2.24) is 0 Å². The lowest BCUT2D eigenvalue weighted by Gasteiger charge is -2.40. The van der Waals surface area contributed by atoms with E-state index in [2.05, 4.69) is 13.8 Å². The Labute approximate surface area is 66.6 Å². The Bertz CT molecular complexity index is 178. The first-order chi connectivity index (χ1) is 5.04. The van der Waals surface area contributed by atoms with Gasteiger partial charge in [0.1, 0.15) is 0 Å². The molecule has 0 aliphatic carbocycles. The second kappa shape index (κ2) is 1.97. The van der Waals surface area contributed by atoms with Crippen LogP contribution in [0, 0.1) is 5.41 Å². The molecule has 0 N–H and O–H groups in total. The van der Waals surface area contributed by atoms with Crippen molar-refractivity contribution in [3.63, 3.8) is 0 Å². The van der Waals surface area contributed by atoms with Gasteiger partial charge in [0, 0.05) is 11.8 Å². The van der Waals surface area contributed by atoms with Crippen LogP contribution in [0.4, 0.5) is 0 Å². The first kappa shape index (κ1) is 7.53. The predicted molar refractivity (Wildman–Crippen MR) is 38.5 cm³/mol. The minimum absolute atomic E-state index is 0.0556. The lowest BCUT2D eigenvalue weighted by Crippen LogP contribution is -2.46. The second-order valence-corrected chi connectivity index (χ2v) is 4.10. The van der Waals surface area contributed by atoms with Crippen molar-refractivity contribution in [2.75, 3.05) is 0 Å². The molecular weight excluding hydrogens is 144 g/mol. The Kier molecular flexibility index (Phi) is 1.35. The van der Waals surface area contributed by atoms with Gasteiger partial charge in [-0.2, -0.15) is 4.89 Å². The summed E-state index contributed by atoms with van der Waals surface area (Å²) in [4.78, 5) is 10.2. The van der Waals surface area contributed by atoms with Gasteiger partial charge in [-0.25, -0.2) is 4.89 Å². The molecule has 0 spiro atoms. The summed E-state index contributed by atoms with van der Waals surface area (Å²) in [7, 11) is 0. The summed E-state index contributed by atoms with van der Waals surface area (Å²) in [5.74, 6) is -0.532. The molecule has 0 radical (unpaired) electrons. The van der Waals surface area contributed by atoms with Gasteiger partial charge in [0.25, 0.3) is 0 Å². The molecule has 3 nitrogen and oxygen atoms in total. The molecule has 2 rings (SSSR count). The van der Waals surface area contributed by atoms with Crippen LogP contribution in [0.25, 0.3) is 0 Å². The largest absolute Gasteiger partial charge is 0.315 e. The standard InChI is InChI=1S/C8H14O3/c1-7(2)5-4-6-9-8(7,3)11-10-6/h6H,4-5H2,1-3H3. The third-order valence-electron chi connectivity index (χ3n) is 2.91. The summed E-state index contributed by atoms with van der Waals surface area (Å²) in [5, 5.41) is 0. The third-order valence-corrected chi connectivity index (χ3v) is 2.91. The van der Waals surface area contributed by atoms with E-state index in [1.54, 1.807) is 0 Å². The first-order valence-corrected chi connectivity index (χ1v) is 4.06. The van der Waals surface area contributed by atoms with Crippen LogP contribution < -0.4 is 0 Å². The molecule has 2 saturated heterocycles. The average molecular weight is 158 g/mol. The zero-order valence-electron chi connectivity index (χ0n) is 7.22. The van der Waals surface area contributed by atoms with Crippen molar-refractivity contribution in [3.8, 4) is 0 Å². The molecule has 2 unspecified atom stereocenters. The molecule has 11 heavy (non-hydrogen) atoms. The normalized spacial score (nSPS) is 47.7. The van der Waals surface area contributed by atoms with Crippen LogP contribution in [0.15, 0.2) is 0 Å². The molecule has 0 aromatic rings. The minimum atomic E-state index is -0.532. The van der Waals surface area contributed by atoms with Gasteiger partial charge in [0.15, 0.2) is 6.29 Å². The molecular formula is C8H14O3. The fourth-order valence-electron chi connectivity index (χ4n) is 1.52. The summed E-state index contributed by atoms with van der Waals surface area (Å²) in [6, 6.07) is 0. The van der Waals surface area contributed by atoms with E-state index in [0.717, 1.165) is 12.8 Å². The molecule has 0 amide bonds. The Hall–Kier alpha value is -0.120. The van der Waals surface area contributed by atoms with Crippen molar-refractivity contribution < 1.29 is 14.5 Å². The lowest BCUT2D eigenvalue weighted by molar-refractivity contribution is -0.343. The monoisotopic (exact) mass is 158 g/mol. The zero-order chi connectivity index (χ0) is 8.11. The van der Waals surface area contributed by atoms with Crippen LogP contribution in [-0.4, -0.2) is 12.1 Å². The third kappa shape index (κ3) is 0.916. The number of hydrogen-bond acceptors (Lipinski definition) is 3. The molecule has 0 aromatic carbocycles. The van der Waals surface area contributed by atoms with E-state index in [1.165, 1.54) is 0 Å². The number of fused-ring (bicyclic) bond motifs is 2. The molecule has 2 atom stereocenters. The van der Waals surface area contributed by atoms with Crippen molar-refractivity contribution in [2.24, 2.45) is 5.41 Å². The van der Waals surface area contributed by atoms with Crippen LogP contribution in [0.1, 0.15) is 33.6 Å². The Morgan fingerprint density at radius 1 is 1.27 bits per heavy atom. The maximum atomic E-state index is 5.56. The van der Waals surface area contributed by atoms with Crippen molar-refractivity contribution >= 4 is 0 Å². The van der Waals surface area contributed by atoms with Gasteiger partial charge in [0.2, 0.25) is 5.79 Å². The molecule has 3 heteroatoms. The maximum Gasteiger partial charge on any atom is 0.206 e. The quantitative estimate of drug-likeness (QED) is 0.503. The minimum Gasteiger partial charge on any atom is -0.315 e. The predicted octanol–water partition coefficient (Wildman–Crippen LogP) is 1.83. The molecule has 2 bridgehead atoms. The van der Waals surface area contributed by atoms with Crippen LogP contribution in [0.3, 0.4) is 0 Å². The maximum absolute atomic E-state index is 5.56. The van der Waals surface area contributed by atoms with Crippen LogP contribution >= 0.6 is 0 Å². The lowest BCUT2D eigenvalue weighted by atomic mass is 9.78. The summed E-state index contributed by atoms with van der Waals surface area (Å²) in [6.07, 6.45) is 1.89. The molecule has 0 saturated carbocycles. The molecule has 2 aliphatic rings. The van der Waals surface area contributed by atoms with Gasteiger partial charge >= 0.3 is 0 Å². The Morgan fingerprint density at radius 2 is 2.00 bits per heavy atom. The fraction of sp³-hybridized carbons (Fsp3) is 1.00. The van der Waals surface area contributed by atoms with E-state index in [9.17, 15) is 0 Å². The van der Waals surface area contributed by atoms with Gasteiger partial charge in [0.05, 0.1) is 0 Å². The van der Waals surface area contributed by atoms with E-state index in [4.69, 9.17) is 14.5 Å². The van der Waals surface area contributed by atoms with Gasteiger partial charge in [-0.1, -0.05) is 13.8 Å². The second-order valence-electron chi connectivity index (χ2n) is 4.10. The van der Waals surface area contributed by atoms with Crippen molar-refractivity contribution in [1.29, 1.82) is 0 Å². The van der Waals surface area contributed by atoms with E-state index >= 15 is 0 Å². The van der Waals surface area contributed by atoms with Gasteiger partial charge in [-0.05, 0) is 13.3 Å². The van der Waals surface area contributed by atoms with E-state index in [0.29, 0.717) is 0 Å². The Morgan fingerprint density at radius 3 is 2.64 bits per heavy atom. The zero-order valence-corrected chi connectivity index (χ0v) is 7.22. The molecule has 2 aliphatic heterocycles. The summed E-state index contributed by atoms with van der Waals surface area (Å²) >= 11 is 0. The van der Waals surface area contributed by atoms with E-state index in [-0.39, 0.29) is 11.7 Å². The van der Waals surface area contributed by atoms with Crippen LogP contribution in [0.5, 0.6) is 0 Å². The van der Waals surface area contributed by atoms with Gasteiger partial charge in [-0.3, -0.25) is 0 Å². The summed E-state index contributed by atoms with van der Waals surface area (Å²) < 4.78 is 5.56. The highest BCUT2D eigenvalue weighted by Crippen LogP contribution is 2.48. The highest BCUT2D eigenvalue weighted by Gasteiger charge is 2.54. The summed E-state index contributed by atoms with van der Waals surface area (Å²) in [6.45, 7) is 6.21. The molecule has 2 heterocycles. The topological polar surface area (TPSA) is 27.7 Å². The van der Waals surface area contributed by atoms with Crippen LogP contribution in [-0.2, 0) is 14.5 Å². The average Bonchev–Trinajstić information content (AvgIpc) is 2.25. The van der Waals surface area contributed by atoms with Gasteiger partial charge < -0.3 is 4.74 Å². The van der Waals surface area contributed by atoms with Crippen LogP contribution in [0.2, 0.25) is 0 Å². The molecule has 64 valence electrons. The number of rotatable bonds is 0. The SMILES string of the molecule is CC1(C)CCC2OOC1(C)O2. The van der Waals surface area contributed by atoms with E-state index in [1.807, 2.05) is 6.92 Å². The molecule has 0 aromatic heterocycles. The molecule has 2 fully saturated rings. The van der Waals surface area contributed by atoms with Crippen molar-refractivity contribution in [3.05, 3.63) is 0 Å². The number of ether oxygens (including phenoxy) is 1. The fourth-order valence-corrected chi connectivity index (χ4v) is 1.52. The smallest absolute Gasteiger partial charge is 0.206 e. The number of hydrogen-bond donors (Lipinski definition) is 0. The Balaban J connectivity index is 2.27. The highest BCUT2D eigenvalue weighted by atomic mass is 17.3. The summed E-state index contributed by atoms with van der Waals surface area (Å²) in [5.41, 5.74) is 0.0556. The van der Waals surface area contributed by atoms with Crippen molar-refractivity contribution in [2.45, 2.75) is 45.7 Å². The van der Waals surface area contributed by atoms with Gasteiger partial charge in [-0.15, -0.1) is 0 Å². The first-order valence-electron chi connectivity index (χ1n) is 4.06. The van der Waals surface area contributed by atoms with E-state index < -0.39 is 5.79 Å².